The lowest BCUT2D eigenvalue weighted by Crippen LogP contribution is -2.27. The van der Waals surface area contributed by atoms with E-state index in [0.29, 0.717) is 16.5 Å². The van der Waals surface area contributed by atoms with Crippen molar-refractivity contribution in [1.29, 1.82) is 0 Å². The monoisotopic (exact) mass is 475 g/mol. The number of hydrogen-bond donors (Lipinski definition) is 0. The van der Waals surface area contributed by atoms with E-state index < -0.39 is 11.9 Å². The summed E-state index contributed by atoms with van der Waals surface area (Å²) < 4.78 is 15.7. The van der Waals surface area contributed by atoms with Crippen LogP contribution in [0.2, 0.25) is 5.02 Å². The third kappa shape index (κ3) is 3.98. The number of hydrogen-bond acceptors (Lipinski definition) is 6. The van der Waals surface area contributed by atoms with Gasteiger partial charge >= 0.3 is 11.9 Å². The number of allylic oxidation sites excluding steroid dienone is 2. The molecule has 6 nitrogen and oxygen atoms in total. The summed E-state index contributed by atoms with van der Waals surface area (Å²) in [4.78, 5) is 26.1. The SMILES string of the molecule is COC(=O)C1=C(C(=O)OC)N(c2cc(OC)c(Cl)cc2I)C=CC=C1. The third-order valence-electron chi connectivity index (χ3n) is 3.37. The summed E-state index contributed by atoms with van der Waals surface area (Å²) >= 11 is 8.23. The second-order valence-electron chi connectivity index (χ2n) is 4.75. The highest BCUT2D eigenvalue weighted by molar-refractivity contribution is 14.1. The van der Waals surface area contributed by atoms with Gasteiger partial charge < -0.3 is 19.1 Å². The Morgan fingerprint density at radius 2 is 1.76 bits per heavy atom. The maximum Gasteiger partial charge on any atom is 0.355 e. The Morgan fingerprint density at radius 3 is 2.36 bits per heavy atom. The number of methoxy groups -OCH3 is 3. The van der Waals surface area contributed by atoms with Gasteiger partial charge in [0, 0.05) is 15.8 Å². The van der Waals surface area contributed by atoms with Crippen LogP contribution in [-0.2, 0) is 19.1 Å². The van der Waals surface area contributed by atoms with Crippen molar-refractivity contribution >= 4 is 51.8 Å². The van der Waals surface area contributed by atoms with Gasteiger partial charge in [0.1, 0.15) is 11.4 Å². The molecule has 0 saturated carbocycles. The second kappa shape index (κ2) is 8.39. The molecule has 2 rings (SSSR count). The molecule has 1 aromatic carbocycles. The number of esters is 2. The Kier molecular flexibility index (Phi) is 6.49. The Labute approximate surface area is 163 Å². The predicted octanol–water partition coefficient (Wildman–Crippen LogP) is 3.44. The zero-order chi connectivity index (χ0) is 18.6. The van der Waals surface area contributed by atoms with Crippen molar-refractivity contribution in [3.63, 3.8) is 0 Å². The quantitative estimate of drug-likeness (QED) is 0.491. The van der Waals surface area contributed by atoms with Crippen LogP contribution in [0.4, 0.5) is 5.69 Å². The summed E-state index contributed by atoms with van der Waals surface area (Å²) in [7, 11) is 3.98. The smallest absolute Gasteiger partial charge is 0.355 e. The van der Waals surface area contributed by atoms with Crippen molar-refractivity contribution in [2.75, 3.05) is 26.2 Å². The maximum absolute atomic E-state index is 12.4. The summed E-state index contributed by atoms with van der Waals surface area (Å²) in [6.45, 7) is 0. The average Bonchev–Trinajstić information content (AvgIpc) is 2.83. The summed E-state index contributed by atoms with van der Waals surface area (Å²) in [5, 5.41) is 0.435. The van der Waals surface area contributed by atoms with Crippen LogP contribution < -0.4 is 9.64 Å². The molecule has 1 aromatic rings. The van der Waals surface area contributed by atoms with Gasteiger partial charge in [-0.1, -0.05) is 17.7 Å². The number of rotatable bonds is 4. The van der Waals surface area contributed by atoms with Crippen LogP contribution in [0.1, 0.15) is 0 Å². The molecule has 1 heterocycles. The summed E-state index contributed by atoms with van der Waals surface area (Å²) in [6, 6.07) is 3.38. The number of carbonyl (C=O) groups is 2. The fourth-order valence-electron chi connectivity index (χ4n) is 2.21. The van der Waals surface area contributed by atoms with Crippen LogP contribution in [-0.4, -0.2) is 33.3 Å². The molecule has 132 valence electrons. The van der Waals surface area contributed by atoms with Gasteiger partial charge in [-0.15, -0.1) is 0 Å². The van der Waals surface area contributed by atoms with E-state index in [9.17, 15) is 9.59 Å². The first-order chi connectivity index (χ1) is 11.9. The van der Waals surface area contributed by atoms with Crippen molar-refractivity contribution < 1.29 is 23.8 Å². The lowest BCUT2D eigenvalue weighted by molar-refractivity contribution is -0.139. The molecule has 0 N–H and O–H groups in total. The van der Waals surface area contributed by atoms with Gasteiger partial charge in [-0.3, -0.25) is 0 Å². The van der Waals surface area contributed by atoms with Gasteiger partial charge in [-0.2, -0.15) is 0 Å². The number of anilines is 1. The first-order valence-corrected chi connectivity index (χ1v) is 8.48. The van der Waals surface area contributed by atoms with Crippen LogP contribution in [0.25, 0.3) is 0 Å². The fraction of sp³-hybridized carbons (Fsp3) is 0.176. The molecule has 0 bridgehead atoms. The van der Waals surface area contributed by atoms with Gasteiger partial charge in [0.2, 0.25) is 0 Å². The normalized spacial score (nSPS) is 13.6. The van der Waals surface area contributed by atoms with E-state index in [-0.39, 0.29) is 11.3 Å². The molecule has 0 spiro atoms. The van der Waals surface area contributed by atoms with Crippen molar-refractivity contribution in [1.82, 2.24) is 0 Å². The molecule has 0 unspecified atom stereocenters. The third-order valence-corrected chi connectivity index (χ3v) is 4.53. The molecule has 0 fully saturated rings. The number of carbonyl (C=O) groups excluding carboxylic acids is 2. The minimum Gasteiger partial charge on any atom is -0.495 e. The van der Waals surface area contributed by atoms with E-state index in [2.05, 4.69) is 22.6 Å². The molecule has 0 atom stereocenters. The Hall–Kier alpha value is -2.00. The number of ether oxygens (including phenoxy) is 3. The summed E-state index contributed by atoms with van der Waals surface area (Å²) in [5.41, 5.74) is 0.703. The van der Waals surface area contributed by atoms with Crippen molar-refractivity contribution in [3.05, 3.63) is 56.4 Å². The van der Waals surface area contributed by atoms with Crippen molar-refractivity contribution in [3.8, 4) is 5.75 Å². The molecule has 0 amide bonds. The molecule has 0 radical (unpaired) electrons. The molecule has 0 aliphatic carbocycles. The van der Waals surface area contributed by atoms with E-state index in [0.717, 1.165) is 3.57 Å². The molecule has 1 aliphatic rings. The minimum absolute atomic E-state index is 0.0293. The van der Waals surface area contributed by atoms with Gasteiger partial charge in [0.25, 0.3) is 0 Å². The van der Waals surface area contributed by atoms with Crippen LogP contribution >= 0.6 is 34.2 Å². The maximum atomic E-state index is 12.4. The fourth-order valence-corrected chi connectivity index (χ4v) is 3.36. The lowest BCUT2D eigenvalue weighted by atomic mass is 10.1. The van der Waals surface area contributed by atoms with E-state index in [1.165, 1.54) is 27.4 Å². The second-order valence-corrected chi connectivity index (χ2v) is 6.32. The highest BCUT2D eigenvalue weighted by Crippen LogP contribution is 2.37. The zero-order valence-corrected chi connectivity index (χ0v) is 16.6. The van der Waals surface area contributed by atoms with E-state index in [4.69, 9.17) is 25.8 Å². The lowest BCUT2D eigenvalue weighted by Gasteiger charge is -2.24. The number of halogens is 2. The Bertz CT molecular complexity index is 800. The number of nitrogens with zero attached hydrogens (tertiary/aromatic N) is 1. The van der Waals surface area contributed by atoms with Crippen LogP contribution in [0.15, 0.2) is 47.8 Å². The van der Waals surface area contributed by atoms with Gasteiger partial charge in [0.15, 0.2) is 0 Å². The standard InChI is InChI=1S/C17H15ClINO5/c1-23-14-9-13(12(19)8-11(14)18)20-7-5-4-6-10(16(21)24-2)15(20)17(22)25-3/h4-9H,1-3H3. The van der Waals surface area contributed by atoms with Gasteiger partial charge in [-0.25, -0.2) is 9.59 Å². The molecular weight excluding hydrogens is 461 g/mol. The molecule has 1 aliphatic heterocycles. The van der Waals surface area contributed by atoms with E-state index >= 15 is 0 Å². The van der Waals surface area contributed by atoms with Crippen LogP contribution in [0.3, 0.4) is 0 Å². The molecule has 8 heteroatoms. The van der Waals surface area contributed by atoms with E-state index in [1.807, 2.05) is 0 Å². The van der Waals surface area contributed by atoms with Crippen molar-refractivity contribution in [2.45, 2.75) is 0 Å². The van der Waals surface area contributed by atoms with E-state index in [1.54, 1.807) is 35.4 Å². The first kappa shape index (κ1) is 19.3. The highest BCUT2D eigenvalue weighted by Gasteiger charge is 2.28. The Balaban J connectivity index is 2.73. The molecule has 25 heavy (non-hydrogen) atoms. The highest BCUT2D eigenvalue weighted by atomic mass is 127. The Morgan fingerprint density at radius 1 is 1.08 bits per heavy atom. The van der Waals surface area contributed by atoms with Crippen molar-refractivity contribution in [2.24, 2.45) is 0 Å². The largest absolute Gasteiger partial charge is 0.495 e. The first-order valence-electron chi connectivity index (χ1n) is 7.02. The average molecular weight is 476 g/mol. The molecular formula is C17H15ClINO5. The van der Waals surface area contributed by atoms with Crippen LogP contribution in [0, 0.1) is 3.57 Å². The molecule has 0 saturated heterocycles. The topological polar surface area (TPSA) is 65.1 Å². The summed E-state index contributed by atoms with van der Waals surface area (Å²) in [5.74, 6) is -0.894. The summed E-state index contributed by atoms with van der Waals surface area (Å²) in [6.07, 6.45) is 6.46. The van der Waals surface area contributed by atoms with Crippen LogP contribution in [0.5, 0.6) is 5.75 Å². The number of benzene rings is 1. The van der Waals surface area contributed by atoms with Gasteiger partial charge in [0.05, 0.1) is 37.6 Å². The minimum atomic E-state index is -0.679. The predicted molar refractivity (Wildman–Crippen MR) is 103 cm³/mol. The zero-order valence-electron chi connectivity index (χ0n) is 13.7. The van der Waals surface area contributed by atoms with Gasteiger partial charge in [-0.05, 0) is 40.8 Å². The molecule has 0 aromatic heterocycles.